The van der Waals surface area contributed by atoms with Crippen molar-refractivity contribution in [3.05, 3.63) is 11.6 Å². The van der Waals surface area contributed by atoms with Crippen LogP contribution in [0.3, 0.4) is 0 Å². The summed E-state index contributed by atoms with van der Waals surface area (Å²) < 4.78 is 5.90. The zero-order valence-corrected chi connectivity index (χ0v) is 24.3. The van der Waals surface area contributed by atoms with Gasteiger partial charge in [-0.25, -0.2) is 0 Å². The standard InChI is InChI=1S/C32H53ClO2/c1-7-9-29(33)30(34)35-24-16-18-31(5)23(20-24)12-13-25-27-15-14-26(22(4)11-8-10-21(2)3)32(27,6)19-17-28(25)31/h12,21-22,24-29H,7-11,13-20H2,1-6H3/t22-,24+,25-,26+,27-,28-,29+,31+,32-/m1/s1. The summed E-state index contributed by atoms with van der Waals surface area (Å²) in [5, 5.41) is -0.489. The number of carbonyl (C=O) groups is 1. The van der Waals surface area contributed by atoms with Crippen molar-refractivity contribution in [1.82, 2.24) is 0 Å². The van der Waals surface area contributed by atoms with Gasteiger partial charge in [0.05, 0.1) is 0 Å². The van der Waals surface area contributed by atoms with Gasteiger partial charge in [-0.15, -0.1) is 11.6 Å². The van der Waals surface area contributed by atoms with E-state index in [0.29, 0.717) is 17.3 Å². The van der Waals surface area contributed by atoms with E-state index in [-0.39, 0.29) is 12.1 Å². The Kier molecular flexibility index (Phi) is 8.72. The van der Waals surface area contributed by atoms with Gasteiger partial charge in [-0.05, 0) is 97.7 Å². The monoisotopic (exact) mass is 504 g/mol. The van der Waals surface area contributed by atoms with E-state index in [1.54, 1.807) is 5.57 Å². The zero-order chi connectivity index (χ0) is 25.4. The van der Waals surface area contributed by atoms with Gasteiger partial charge >= 0.3 is 5.97 Å². The quantitative estimate of drug-likeness (QED) is 0.177. The Labute approximate surface area is 221 Å². The fourth-order valence-electron chi connectivity index (χ4n) is 9.36. The van der Waals surface area contributed by atoms with Crippen molar-refractivity contribution in [3.8, 4) is 0 Å². The van der Waals surface area contributed by atoms with Crippen LogP contribution in [0.5, 0.6) is 0 Å². The van der Waals surface area contributed by atoms with Crippen LogP contribution < -0.4 is 0 Å². The molecule has 0 radical (unpaired) electrons. The molecule has 4 rings (SSSR count). The molecule has 4 aliphatic carbocycles. The second-order valence-corrected chi connectivity index (χ2v) is 14.4. The number of esters is 1. The Morgan fingerprint density at radius 3 is 2.54 bits per heavy atom. The first-order chi connectivity index (χ1) is 16.6. The fourth-order valence-corrected chi connectivity index (χ4v) is 9.63. The van der Waals surface area contributed by atoms with Crippen molar-refractivity contribution >= 4 is 17.6 Å². The molecule has 9 atom stereocenters. The van der Waals surface area contributed by atoms with E-state index in [0.717, 1.165) is 61.2 Å². The molecule has 0 amide bonds. The summed E-state index contributed by atoms with van der Waals surface area (Å²) in [6.45, 7) is 14.6. The van der Waals surface area contributed by atoms with Gasteiger partial charge in [0.1, 0.15) is 11.5 Å². The summed E-state index contributed by atoms with van der Waals surface area (Å²) in [5.74, 6) is 4.98. The first kappa shape index (κ1) is 27.5. The number of carbonyl (C=O) groups excluding carboxylic acids is 1. The third kappa shape index (κ3) is 5.39. The maximum atomic E-state index is 12.4. The smallest absolute Gasteiger partial charge is 0.324 e. The molecule has 35 heavy (non-hydrogen) atoms. The van der Waals surface area contributed by atoms with Crippen LogP contribution in [0.15, 0.2) is 11.6 Å². The number of alkyl halides is 1. The van der Waals surface area contributed by atoms with E-state index in [4.69, 9.17) is 16.3 Å². The minimum Gasteiger partial charge on any atom is -0.461 e. The highest BCUT2D eigenvalue weighted by Gasteiger charge is 2.59. The molecule has 4 aliphatic rings. The van der Waals surface area contributed by atoms with Crippen LogP contribution in [0, 0.1) is 46.3 Å². The Balaban J connectivity index is 1.42. The average Bonchev–Trinajstić information content (AvgIpc) is 3.16. The molecule has 3 heteroatoms. The summed E-state index contributed by atoms with van der Waals surface area (Å²) in [7, 11) is 0. The Hall–Kier alpha value is -0.500. The van der Waals surface area contributed by atoms with Crippen molar-refractivity contribution in [2.45, 2.75) is 136 Å². The summed E-state index contributed by atoms with van der Waals surface area (Å²) >= 11 is 6.26. The van der Waals surface area contributed by atoms with Gasteiger partial charge in [-0.2, -0.15) is 0 Å². The van der Waals surface area contributed by atoms with E-state index in [9.17, 15) is 4.79 Å². The number of rotatable bonds is 9. The van der Waals surface area contributed by atoms with Gasteiger partial charge in [-0.3, -0.25) is 4.79 Å². The summed E-state index contributed by atoms with van der Waals surface area (Å²) in [4.78, 5) is 12.4. The summed E-state index contributed by atoms with van der Waals surface area (Å²) in [6, 6.07) is 0. The van der Waals surface area contributed by atoms with Crippen LogP contribution in [-0.2, 0) is 9.53 Å². The topological polar surface area (TPSA) is 26.3 Å². The number of hydrogen-bond acceptors (Lipinski definition) is 2. The molecule has 0 bridgehead atoms. The maximum absolute atomic E-state index is 12.4. The van der Waals surface area contributed by atoms with Crippen molar-refractivity contribution in [3.63, 3.8) is 0 Å². The van der Waals surface area contributed by atoms with Crippen LogP contribution >= 0.6 is 11.6 Å². The fraction of sp³-hybridized carbons (Fsp3) is 0.906. The summed E-state index contributed by atoms with van der Waals surface area (Å²) in [5.41, 5.74) is 2.43. The average molecular weight is 505 g/mol. The predicted molar refractivity (Wildman–Crippen MR) is 147 cm³/mol. The first-order valence-electron chi connectivity index (χ1n) is 15.1. The number of allylic oxidation sites excluding steroid dienone is 1. The summed E-state index contributed by atoms with van der Waals surface area (Å²) in [6.07, 6.45) is 18.5. The molecule has 0 saturated heterocycles. The second kappa shape index (κ2) is 11.1. The van der Waals surface area contributed by atoms with Gasteiger partial charge in [0.15, 0.2) is 0 Å². The van der Waals surface area contributed by atoms with Crippen LogP contribution in [0.25, 0.3) is 0 Å². The molecule has 0 unspecified atom stereocenters. The van der Waals surface area contributed by atoms with E-state index < -0.39 is 5.38 Å². The molecule has 3 saturated carbocycles. The molecule has 0 heterocycles. The molecule has 0 N–H and O–H groups in total. The number of hydrogen-bond donors (Lipinski definition) is 0. The van der Waals surface area contributed by atoms with Crippen molar-refractivity contribution < 1.29 is 9.53 Å². The van der Waals surface area contributed by atoms with E-state index in [2.05, 4.69) is 47.6 Å². The highest BCUT2D eigenvalue weighted by molar-refractivity contribution is 6.29. The lowest BCUT2D eigenvalue weighted by Crippen LogP contribution is -2.51. The molecular formula is C32H53ClO2. The molecule has 0 aromatic carbocycles. The lowest BCUT2D eigenvalue weighted by molar-refractivity contribution is -0.151. The van der Waals surface area contributed by atoms with E-state index >= 15 is 0 Å². The first-order valence-corrected chi connectivity index (χ1v) is 15.6. The van der Waals surface area contributed by atoms with Crippen LogP contribution in [0.1, 0.15) is 125 Å². The third-order valence-corrected chi connectivity index (χ3v) is 11.7. The predicted octanol–water partition coefficient (Wildman–Crippen LogP) is 9.35. The molecule has 0 aromatic heterocycles. The lowest BCUT2D eigenvalue weighted by atomic mass is 9.47. The van der Waals surface area contributed by atoms with Crippen molar-refractivity contribution in [2.24, 2.45) is 46.3 Å². The maximum Gasteiger partial charge on any atom is 0.324 e. The minimum atomic E-state index is -0.489. The Bertz CT molecular complexity index is 774. The van der Waals surface area contributed by atoms with Gasteiger partial charge < -0.3 is 4.74 Å². The largest absolute Gasteiger partial charge is 0.461 e. The number of ether oxygens (including phenoxy) is 1. The van der Waals surface area contributed by atoms with Crippen LogP contribution in [0.4, 0.5) is 0 Å². The van der Waals surface area contributed by atoms with Gasteiger partial charge in [0.25, 0.3) is 0 Å². The van der Waals surface area contributed by atoms with Crippen LogP contribution in [0.2, 0.25) is 0 Å². The Morgan fingerprint density at radius 1 is 1.06 bits per heavy atom. The highest BCUT2D eigenvalue weighted by Crippen LogP contribution is 2.67. The van der Waals surface area contributed by atoms with E-state index in [1.807, 2.05) is 0 Å². The van der Waals surface area contributed by atoms with Crippen molar-refractivity contribution in [2.75, 3.05) is 0 Å². The van der Waals surface area contributed by atoms with Gasteiger partial charge in [0, 0.05) is 6.42 Å². The molecule has 200 valence electrons. The molecule has 0 aliphatic heterocycles. The highest BCUT2D eigenvalue weighted by atomic mass is 35.5. The molecule has 0 spiro atoms. The Morgan fingerprint density at radius 2 is 1.83 bits per heavy atom. The van der Waals surface area contributed by atoms with Gasteiger partial charge in [0.2, 0.25) is 0 Å². The molecule has 3 fully saturated rings. The minimum absolute atomic E-state index is 0.0212. The molecular weight excluding hydrogens is 452 g/mol. The van der Waals surface area contributed by atoms with Crippen LogP contribution in [-0.4, -0.2) is 17.5 Å². The number of fused-ring (bicyclic) bond motifs is 5. The molecule has 2 nitrogen and oxygen atoms in total. The third-order valence-electron chi connectivity index (χ3n) is 11.3. The second-order valence-electron chi connectivity index (χ2n) is 13.8. The number of halogens is 1. The molecule has 0 aromatic rings. The normalized spacial score (nSPS) is 40.3. The SMILES string of the molecule is CCC[C@H](Cl)C(=O)O[C@H]1CC[C@@]2(C)C(=CC[C@@H]3[C@H]4CC[C@@H]([C@H](C)CCCC(C)C)[C@@]4(C)CC[C@H]32)C1. The zero-order valence-electron chi connectivity index (χ0n) is 23.6. The van der Waals surface area contributed by atoms with E-state index in [1.165, 1.54) is 51.4 Å². The lowest BCUT2D eigenvalue weighted by Gasteiger charge is -2.58. The van der Waals surface area contributed by atoms with Gasteiger partial charge in [-0.1, -0.05) is 78.9 Å². The van der Waals surface area contributed by atoms with Crippen molar-refractivity contribution in [1.29, 1.82) is 0 Å².